The Kier molecular flexibility index (Phi) is 3.72. The van der Waals surface area contributed by atoms with Gasteiger partial charge in [0.05, 0.1) is 0 Å². The van der Waals surface area contributed by atoms with Crippen molar-refractivity contribution in [3.8, 4) is 0 Å². The smallest absolute Gasteiger partial charge is 0.239 e. The van der Waals surface area contributed by atoms with Crippen LogP contribution >= 0.6 is 11.3 Å². The van der Waals surface area contributed by atoms with E-state index in [1.54, 1.807) is 6.07 Å². The second-order valence-electron chi connectivity index (χ2n) is 4.43. The van der Waals surface area contributed by atoms with Gasteiger partial charge in [0, 0.05) is 27.5 Å². The molecule has 0 radical (unpaired) electrons. The Bertz CT molecular complexity index is 660. The minimum atomic E-state index is -3.69. The second-order valence-corrected chi connectivity index (χ2v) is 7.07. The molecule has 98 valence electrons. The number of thiophene rings is 1. The molecule has 0 atom stereocenters. The molecule has 0 saturated heterocycles. The first kappa shape index (κ1) is 13.5. The van der Waals surface area contributed by atoms with Crippen LogP contribution in [0.25, 0.3) is 10.1 Å². The molecule has 4 nitrogen and oxygen atoms in total. The summed E-state index contributed by atoms with van der Waals surface area (Å²) in [5.41, 5.74) is 0. The Balaban J connectivity index is 2.58. The third-order valence-corrected chi connectivity index (χ3v) is 4.91. The largest absolute Gasteiger partial charge is 0.310 e. The van der Waals surface area contributed by atoms with Crippen LogP contribution in [0.2, 0.25) is 0 Å². The number of benzene rings is 1. The van der Waals surface area contributed by atoms with E-state index in [9.17, 15) is 8.42 Å². The summed E-state index contributed by atoms with van der Waals surface area (Å²) in [6.07, 6.45) is 0. The zero-order chi connectivity index (χ0) is 13.3. The van der Waals surface area contributed by atoms with E-state index in [4.69, 9.17) is 5.14 Å². The molecule has 0 bridgehead atoms. The lowest BCUT2D eigenvalue weighted by Crippen LogP contribution is -2.23. The normalized spacial score (nSPS) is 12.4. The molecular formula is C12H16N2O2S2. The fourth-order valence-corrected chi connectivity index (χ4v) is 4.26. The molecule has 1 heterocycles. The molecule has 2 rings (SSSR count). The molecule has 6 heteroatoms. The van der Waals surface area contributed by atoms with E-state index in [0.717, 1.165) is 9.58 Å². The molecule has 0 unspecified atom stereocenters. The molecule has 0 aliphatic heterocycles. The van der Waals surface area contributed by atoms with Gasteiger partial charge in [0.15, 0.2) is 0 Å². The summed E-state index contributed by atoms with van der Waals surface area (Å²) in [5, 5.41) is 9.26. The second kappa shape index (κ2) is 4.97. The Labute approximate surface area is 111 Å². The van der Waals surface area contributed by atoms with Crippen molar-refractivity contribution in [1.29, 1.82) is 0 Å². The first-order valence-corrected chi connectivity index (χ1v) is 8.02. The number of sulfonamides is 1. The maximum atomic E-state index is 11.7. The highest BCUT2D eigenvalue weighted by atomic mass is 32.2. The van der Waals surface area contributed by atoms with Crippen molar-refractivity contribution < 1.29 is 8.42 Å². The van der Waals surface area contributed by atoms with Crippen molar-refractivity contribution in [2.45, 2.75) is 31.3 Å². The fraction of sp³-hybridized carbons (Fsp3) is 0.333. The zero-order valence-corrected chi connectivity index (χ0v) is 11.9. The SMILES string of the molecule is CC(C)NCc1sc2ccccc2c1S(N)(=O)=O. The van der Waals surface area contributed by atoms with Gasteiger partial charge in [-0.25, -0.2) is 13.6 Å². The molecule has 0 amide bonds. The highest BCUT2D eigenvalue weighted by Crippen LogP contribution is 2.33. The van der Waals surface area contributed by atoms with Gasteiger partial charge in [-0.05, 0) is 6.07 Å². The molecule has 1 aromatic carbocycles. The first-order valence-electron chi connectivity index (χ1n) is 5.66. The van der Waals surface area contributed by atoms with Crippen molar-refractivity contribution >= 4 is 31.4 Å². The summed E-state index contributed by atoms with van der Waals surface area (Å²) in [5.74, 6) is 0. The Morgan fingerprint density at radius 1 is 1.33 bits per heavy atom. The zero-order valence-electron chi connectivity index (χ0n) is 10.3. The van der Waals surface area contributed by atoms with E-state index in [2.05, 4.69) is 5.32 Å². The van der Waals surface area contributed by atoms with Crippen molar-refractivity contribution in [3.05, 3.63) is 29.1 Å². The standard InChI is InChI=1S/C12H16N2O2S2/c1-8(2)14-7-11-12(18(13,15)16)9-5-3-4-6-10(9)17-11/h3-6,8,14H,7H2,1-2H3,(H2,13,15,16). The van der Waals surface area contributed by atoms with Crippen molar-refractivity contribution in [2.75, 3.05) is 0 Å². The van der Waals surface area contributed by atoms with Crippen LogP contribution in [0, 0.1) is 0 Å². The summed E-state index contributed by atoms with van der Waals surface area (Å²) >= 11 is 1.47. The number of rotatable bonds is 4. The number of hydrogen-bond acceptors (Lipinski definition) is 4. The molecule has 18 heavy (non-hydrogen) atoms. The van der Waals surface area contributed by atoms with Crippen LogP contribution in [-0.4, -0.2) is 14.5 Å². The Hall–Kier alpha value is -0.950. The van der Waals surface area contributed by atoms with Gasteiger partial charge >= 0.3 is 0 Å². The fourth-order valence-electron chi connectivity index (χ4n) is 1.80. The molecule has 0 spiro atoms. The highest BCUT2D eigenvalue weighted by Gasteiger charge is 2.20. The molecule has 0 aliphatic rings. The number of primary sulfonamides is 1. The molecule has 1 aromatic heterocycles. The van der Waals surface area contributed by atoms with E-state index in [1.807, 2.05) is 32.0 Å². The van der Waals surface area contributed by atoms with Gasteiger partial charge in [-0.2, -0.15) is 0 Å². The minimum Gasteiger partial charge on any atom is -0.310 e. The summed E-state index contributed by atoms with van der Waals surface area (Å²) in [6.45, 7) is 4.55. The van der Waals surface area contributed by atoms with Gasteiger partial charge in [-0.15, -0.1) is 11.3 Å². The maximum Gasteiger partial charge on any atom is 0.239 e. The molecule has 0 saturated carbocycles. The van der Waals surface area contributed by atoms with Crippen LogP contribution < -0.4 is 10.5 Å². The average Bonchev–Trinajstić information content (AvgIpc) is 2.63. The Morgan fingerprint density at radius 2 is 2.00 bits per heavy atom. The quantitative estimate of drug-likeness (QED) is 0.902. The predicted octanol–water partition coefficient (Wildman–Crippen LogP) is 2.05. The van der Waals surface area contributed by atoms with E-state index < -0.39 is 10.0 Å². The lowest BCUT2D eigenvalue weighted by Gasteiger charge is -2.07. The summed E-state index contributed by atoms with van der Waals surface area (Å²) in [4.78, 5) is 1.03. The monoisotopic (exact) mass is 284 g/mol. The average molecular weight is 284 g/mol. The van der Waals surface area contributed by atoms with E-state index in [0.29, 0.717) is 18.0 Å². The van der Waals surface area contributed by atoms with Gasteiger partial charge in [0.1, 0.15) is 4.90 Å². The Morgan fingerprint density at radius 3 is 2.61 bits per heavy atom. The van der Waals surface area contributed by atoms with Gasteiger partial charge in [0.25, 0.3) is 0 Å². The number of nitrogens with two attached hydrogens (primary N) is 1. The van der Waals surface area contributed by atoms with Crippen LogP contribution in [0.15, 0.2) is 29.2 Å². The van der Waals surface area contributed by atoms with Gasteiger partial charge < -0.3 is 5.32 Å². The summed E-state index contributed by atoms with van der Waals surface area (Å²) in [7, 11) is -3.69. The molecular weight excluding hydrogens is 268 g/mol. The lowest BCUT2D eigenvalue weighted by molar-refractivity contribution is 0.581. The predicted molar refractivity (Wildman–Crippen MR) is 75.2 cm³/mol. The van der Waals surface area contributed by atoms with Gasteiger partial charge in [0.2, 0.25) is 10.0 Å². The number of nitrogens with one attached hydrogen (secondary N) is 1. The van der Waals surface area contributed by atoms with Crippen LogP contribution in [-0.2, 0) is 16.6 Å². The molecule has 2 aromatic rings. The van der Waals surface area contributed by atoms with E-state index in [1.165, 1.54) is 11.3 Å². The third kappa shape index (κ3) is 2.72. The highest BCUT2D eigenvalue weighted by molar-refractivity contribution is 7.89. The topological polar surface area (TPSA) is 72.2 Å². The maximum absolute atomic E-state index is 11.7. The minimum absolute atomic E-state index is 0.260. The van der Waals surface area contributed by atoms with Crippen molar-refractivity contribution in [3.63, 3.8) is 0 Å². The van der Waals surface area contributed by atoms with Crippen LogP contribution in [0.1, 0.15) is 18.7 Å². The van der Waals surface area contributed by atoms with Gasteiger partial charge in [-0.1, -0.05) is 32.0 Å². The lowest BCUT2D eigenvalue weighted by atomic mass is 10.2. The number of hydrogen-bond donors (Lipinski definition) is 2. The van der Waals surface area contributed by atoms with E-state index >= 15 is 0 Å². The van der Waals surface area contributed by atoms with Crippen LogP contribution in [0.4, 0.5) is 0 Å². The number of fused-ring (bicyclic) bond motifs is 1. The first-order chi connectivity index (χ1) is 8.39. The van der Waals surface area contributed by atoms with Crippen LogP contribution in [0.5, 0.6) is 0 Å². The molecule has 3 N–H and O–H groups in total. The van der Waals surface area contributed by atoms with Crippen molar-refractivity contribution in [1.82, 2.24) is 5.32 Å². The molecule has 0 aliphatic carbocycles. The van der Waals surface area contributed by atoms with Gasteiger partial charge in [-0.3, -0.25) is 0 Å². The van der Waals surface area contributed by atoms with Crippen LogP contribution in [0.3, 0.4) is 0 Å². The van der Waals surface area contributed by atoms with E-state index in [-0.39, 0.29) is 4.90 Å². The molecule has 0 fully saturated rings. The van der Waals surface area contributed by atoms with Crippen molar-refractivity contribution in [2.24, 2.45) is 5.14 Å². The summed E-state index contributed by atoms with van der Waals surface area (Å²) < 4.78 is 24.4. The summed E-state index contributed by atoms with van der Waals surface area (Å²) in [6, 6.07) is 7.72. The third-order valence-electron chi connectivity index (χ3n) is 2.57.